The molecule has 4 saturated carbocycles. The van der Waals surface area contributed by atoms with Gasteiger partial charge < -0.3 is 5.32 Å². The summed E-state index contributed by atoms with van der Waals surface area (Å²) in [7, 11) is 0. The normalized spacial score (nSPS) is 28.0. The zero-order valence-corrected chi connectivity index (χ0v) is 18.6. The largest absolute Gasteiger partial charge is 0.345 e. The molecule has 0 spiro atoms. The van der Waals surface area contributed by atoms with E-state index in [1.165, 1.54) is 19.3 Å². The van der Waals surface area contributed by atoms with Crippen LogP contribution in [0, 0.1) is 17.8 Å². The number of hydrogen-bond acceptors (Lipinski definition) is 4. The predicted molar refractivity (Wildman–Crippen MR) is 124 cm³/mol. The number of halogens is 1. The Balaban J connectivity index is 1.39. The second-order valence-corrected chi connectivity index (χ2v) is 10.3. The summed E-state index contributed by atoms with van der Waals surface area (Å²) < 4.78 is 0. The van der Waals surface area contributed by atoms with Crippen LogP contribution in [0.3, 0.4) is 0 Å². The summed E-state index contributed by atoms with van der Waals surface area (Å²) in [6.45, 7) is 0. The fraction of sp³-hybridized carbons (Fsp3) is 0.385. The van der Waals surface area contributed by atoms with Crippen LogP contribution < -0.4 is 5.32 Å². The van der Waals surface area contributed by atoms with Crippen LogP contribution in [0.1, 0.15) is 49.0 Å². The Morgan fingerprint density at radius 1 is 0.844 bits per heavy atom. The van der Waals surface area contributed by atoms with Crippen molar-refractivity contribution >= 4 is 17.5 Å². The van der Waals surface area contributed by atoms with E-state index >= 15 is 0 Å². The van der Waals surface area contributed by atoms with Crippen LogP contribution in [-0.4, -0.2) is 26.6 Å². The number of benzene rings is 2. The number of carbonyl (C=O) groups is 1. The summed E-state index contributed by atoms with van der Waals surface area (Å²) in [4.78, 5) is 18.4. The molecule has 5 nitrogen and oxygen atoms in total. The maximum atomic E-state index is 13.7. The van der Waals surface area contributed by atoms with E-state index in [-0.39, 0.29) is 11.4 Å². The summed E-state index contributed by atoms with van der Waals surface area (Å²) in [5.41, 5.74) is 2.35. The fourth-order valence-corrected chi connectivity index (χ4v) is 6.69. The molecule has 4 aliphatic rings. The van der Waals surface area contributed by atoms with Crippen LogP contribution in [0.25, 0.3) is 22.6 Å². The molecule has 1 aromatic heterocycles. The molecule has 4 aliphatic carbocycles. The van der Waals surface area contributed by atoms with Crippen molar-refractivity contribution < 1.29 is 4.79 Å². The second-order valence-electron chi connectivity index (χ2n) is 9.86. The van der Waals surface area contributed by atoms with Crippen LogP contribution in [0.5, 0.6) is 0 Å². The molecule has 2 aromatic carbocycles. The van der Waals surface area contributed by atoms with Gasteiger partial charge in [0.1, 0.15) is 5.69 Å². The Hall–Kier alpha value is -2.79. The third-order valence-corrected chi connectivity index (χ3v) is 7.72. The lowest BCUT2D eigenvalue weighted by atomic mass is 9.53. The lowest BCUT2D eigenvalue weighted by Gasteiger charge is -2.56. The van der Waals surface area contributed by atoms with Gasteiger partial charge in [-0.05, 0) is 68.4 Å². The highest BCUT2D eigenvalue weighted by Crippen LogP contribution is 2.55. The molecule has 0 unspecified atom stereocenters. The summed E-state index contributed by atoms with van der Waals surface area (Å²) in [6, 6.07) is 17.0. The highest BCUT2D eigenvalue weighted by molar-refractivity contribution is 6.30. The summed E-state index contributed by atoms with van der Waals surface area (Å²) >= 11 is 6.08. The Morgan fingerprint density at radius 3 is 2.09 bits per heavy atom. The first-order valence-electron chi connectivity index (χ1n) is 11.5. The maximum Gasteiger partial charge on any atom is 0.272 e. The van der Waals surface area contributed by atoms with Gasteiger partial charge in [0.2, 0.25) is 0 Å². The number of nitrogens with one attached hydrogen (secondary N) is 1. The van der Waals surface area contributed by atoms with Gasteiger partial charge in [0.25, 0.3) is 5.91 Å². The number of carbonyl (C=O) groups excluding carboxylic acids is 1. The van der Waals surface area contributed by atoms with E-state index in [4.69, 9.17) is 16.6 Å². The van der Waals surface area contributed by atoms with Gasteiger partial charge in [-0.2, -0.15) is 0 Å². The lowest BCUT2D eigenvalue weighted by Crippen LogP contribution is -2.60. The smallest absolute Gasteiger partial charge is 0.272 e. The number of amides is 1. The topological polar surface area (TPSA) is 67.8 Å². The molecule has 0 saturated heterocycles. The zero-order chi connectivity index (χ0) is 21.7. The third-order valence-electron chi connectivity index (χ3n) is 7.47. The molecule has 162 valence electrons. The van der Waals surface area contributed by atoms with E-state index in [0.29, 0.717) is 22.2 Å². The van der Waals surface area contributed by atoms with Crippen molar-refractivity contribution in [2.45, 2.75) is 44.1 Å². The van der Waals surface area contributed by atoms with Crippen LogP contribution in [0.15, 0.2) is 54.6 Å². The average molecular weight is 445 g/mol. The lowest BCUT2D eigenvalue weighted by molar-refractivity contribution is -0.0167. The van der Waals surface area contributed by atoms with E-state index in [9.17, 15) is 4.79 Å². The van der Waals surface area contributed by atoms with Crippen molar-refractivity contribution in [2.75, 3.05) is 0 Å². The fourth-order valence-electron chi connectivity index (χ4n) is 6.56. The zero-order valence-electron chi connectivity index (χ0n) is 17.8. The van der Waals surface area contributed by atoms with Crippen LogP contribution in [0.2, 0.25) is 5.02 Å². The van der Waals surface area contributed by atoms with Crippen LogP contribution in [-0.2, 0) is 0 Å². The van der Waals surface area contributed by atoms with E-state index in [0.717, 1.165) is 48.1 Å². The molecule has 4 bridgehead atoms. The molecule has 0 aliphatic heterocycles. The van der Waals surface area contributed by atoms with E-state index in [1.54, 1.807) is 12.1 Å². The standard InChI is InChI=1S/C26H25ClN4O/c27-21-8-6-19(7-9-21)22-23(28-24(31-30-22)20-4-2-1-3-5-20)25(32)29-26-13-16-10-17(14-26)12-18(11-16)15-26/h1-9,16-18H,10-15H2,(H,29,32). The molecule has 1 N–H and O–H groups in total. The third kappa shape index (κ3) is 3.58. The first kappa shape index (κ1) is 19.9. The minimum Gasteiger partial charge on any atom is -0.345 e. The molecule has 7 rings (SSSR count). The van der Waals surface area contributed by atoms with Gasteiger partial charge in [0.05, 0.1) is 0 Å². The van der Waals surface area contributed by atoms with Gasteiger partial charge in [-0.1, -0.05) is 54.1 Å². The van der Waals surface area contributed by atoms with Gasteiger partial charge in [-0.3, -0.25) is 4.79 Å². The SMILES string of the molecule is O=C(NC12CC3CC(CC(C3)C1)C2)c1nc(-c2ccccc2)nnc1-c1ccc(Cl)cc1. The van der Waals surface area contributed by atoms with E-state index in [2.05, 4.69) is 15.5 Å². The van der Waals surface area contributed by atoms with Crippen molar-refractivity contribution in [3.8, 4) is 22.6 Å². The van der Waals surface area contributed by atoms with Crippen molar-refractivity contribution in [1.29, 1.82) is 0 Å². The molecule has 1 heterocycles. The van der Waals surface area contributed by atoms with Gasteiger partial charge in [-0.15, -0.1) is 10.2 Å². The Kier molecular flexibility index (Phi) is 4.76. The molecule has 4 fully saturated rings. The van der Waals surface area contributed by atoms with Crippen molar-refractivity contribution in [2.24, 2.45) is 17.8 Å². The first-order chi connectivity index (χ1) is 15.6. The number of aromatic nitrogens is 3. The number of nitrogens with zero attached hydrogens (tertiary/aromatic N) is 3. The molecule has 1 amide bonds. The molecular weight excluding hydrogens is 420 g/mol. The highest BCUT2D eigenvalue weighted by Gasteiger charge is 2.51. The summed E-state index contributed by atoms with van der Waals surface area (Å²) in [5.74, 6) is 2.56. The molecule has 6 heteroatoms. The minimum absolute atomic E-state index is 0.0963. The number of rotatable bonds is 4. The van der Waals surface area contributed by atoms with Gasteiger partial charge in [0.15, 0.2) is 11.5 Å². The monoisotopic (exact) mass is 444 g/mol. The summed E-state index contributed by atoms with van der Waals surface area (Å²) in [6.07, 6.45) is 7.26. The van der Waals surface area contributed by atoms with Gasteiger partial charge in [-0.25, -0.2) is 4.98 Å². The predicted octanol–water partition coefficient (Wildman–Crippen LogP) is 5.56. The van der Waals surface area contributed by atoms with Crippen LogP contribution >= 0.6 is 11.6 Å². The van der Waals surface area contributed by atoms with Crippen molar-refractivity contribution in [3.05, 3.63) is 65.3 Å². The quantitative estimate of drug-likeness (QED) is 0.572. The Bertz CT molecular complexity index is 1130. The van der Waals surface area contributed by atoms with Gasteiger partial charge >= 0.3 is 0 Å². The van der Waals surface area contributed by atoms with Crippen LogP contribution in [0.4, 0.5) is 0 Å². The summed E-state index contributed by atoms with van der Waals surface area (Å²) in [5, 5.41) is 12.9. The molecular formula is C26H25ClN4O. The average Bonchev–Trinajstić information content (AvgIpc) is 2.79. The van der Waals surface area contributed by atoms with Gasteiger partial charge in [0, 0.05) is 21.7 Å². The van der Waals surface area contributed by atoms with Crippen molar-refractivity contribution in [1.82, 2.24) is 20.5 Å². The van der Waals surface area contributed by atoms with E-state index < -0.39 is 0 Å². The molecule has 3 aromatic rings. The Morgan fingerprint density at radius 2 is 1.47 bits per heavy atom. The number of hydrogen-bond donors (Lipinski definition) is 1. The second kappa shape index (κ2) is 7.66. The Labute approximate surface area is 192 Å². The minimum atomic E-state index is -0.149. The first-order valence-corrected chi connectivity index (χ1v) is 11.8. The molecule has 0 atom stereocenters. The maximum absolute atomic E-state index is 13.7. The van der Waals surface area contributed by atoms with E-state index in [1.807, 2.05) is 42.5 Å². The highest BCUT2D eigenvalue weighted by atomic mass is 35.5. The van der Waals surface area contributed by atoms with Crippen molar-refractivity contribution in [3.63, 3.8) is 0 Å². The molecule has 0 radical (unpaired) electrons. The molecule has 32 heavy (non-hydrogen) atoms.